The fourth-order valence-electron chi connectivity index (χ4n) is 1.63. The van der Waals surface area contributed by atoms with Gasteiger partial charge >= 0.3 is 5.97 Å². The average Bonchev–Trinajstić information content (AvgIpc) is 2.79. The molecule has 0 radical (unpaired) electrons. The van der Waals surface area contributed by atoms with Crippen molar-refractivity contribution in [2.45, 2.75) is 20.3 Å². The molecular weight excluding hydrogens is 276 g/mol. The molecule has 6 heteroatoms. The number of ether oxygens (including phenoxy) is 1. The maximum Gasteiger partial charge on any atom is 0.355 e. The zero-order valence-electron chi connectivity index (χ0n) is 11.3. The van der Waals surface area contributed by atoms with Crippen LogP contribution in [0.3, 0.4) is 0 Å². The summed E-state index contributed by atoms with van der Waals surface area (Å²) in [5.74, 6) is -0.186. The number of aromatic nitrogens is 1. The van der Waals surface area contributed by atoms with E-state index in [-0.39, 0.29) is 5.69 Å². The average molecular weight is 292 g/mol. The zero-order valence-corrected chi connectivity index (χ0v) is 12.2. The van der Waals surface area contributed by atoms with Gasteiger partial charge in [0.15, 0.2) is 10.8 Å². The van der Waals surface area contributed by atoms with E-state index in [9.17, 15) is 4.79 Å². The Balaban J connectivity index is 2.06. The molecule has 1 heterocycles. The molecule has 2 aromatic rings. The predicted molar refractivity (Wildman–Crippen MR) is 79.3 cm³/mol. The first-order valence-electron chi connectivity index (χ1n) is 6.30. The number of carbonyl (C=O) groups is 1. The first-order chi connectivity index (χ1) is 9.60. The number of nitrogens with zero attached hydrogens (tertiary/aromatic N) is 1. The smallest absolute Gasteiger partial charge is 0.355 e. The van der Waals surface area contributed by atoms with Gasteiger partial charge in [-0.05, 0) is 37.6 Å². The molecule has 0 aliphatic rings. The molecule has 0 saturated heterocycles. The normalized spacial score (nSPS) is 10.3. The van der Waals surface area contributed by atoms with Crippen molar-refractivity contribution in [3.63, 3.8) is 0 Å². The van der Waals surface area contributed by atoms with Crippen molar-refractivity contribution in [3.05, 3.63) is 34.8 Å². The summed E-state index contributed by atoms with van der Waals surface area (Å²) >= 11 is 1.32. The van der Waals surface area contributed by atoms with Gasteiger partial charge in [0.05, 0.1) is 6.61 Å². The number of aromatic carboxylic acids is 1. The number of anilines is 2. The largest absolute Gasteiger partial charge is 0.494 e. The van der Waals surface area contributed by atoms with Crippen LogP contribution in [-0.4, -0.2) is 22.7 Å². The lowest BCUT2D eigenvalue weighted by molar-refractivity contribution is 0.0690. The number of carboxylic acid groups (broad SMARTS) is 1. The Morgan fingerprint density at radius 1 is 1.40 bits per heavy atom. The topological polar surface area (TPSA) is 71.5 Å². The van der Waals surface area contributed by atoms with Crippen LogP contribution in [0, 0.1) is 6.92 Å². The van der Waals surface area contributed by atoms with Crippen LogP contribution in [0.1, 0.15) is 28.7 Å². The van der Waals surface area contributed by atoms with E-state index in [1.807, 2.05) is 24.3 Å². The Kier molecular flexibility index (Phi) is 4.57. The third-order valence-electron chi connectivity index (χ3n) is 2.58. The van der Waals surface area contributed by atoms with Crippen LogP contribution in [0.2, 0.25) is 0 Å². The number of nitrogens with one attached hydrogen (secondary N) is 1. The zero-order chi connectivity index (χ0) is 14.5. The summed E-state index contributed by atoms with van der Waals surface area (Å²) in [7, 11) is 0. The Bertz CT molecular complexity index is 593. The van der Waals surface area contributed by atoms with E-state index in [1.165, 1.54) is 11.3 Å². The van der Waals surface area contributed by atoms with Gasteiger partial charge in [-0.3, -0.25) is 0 Å². The summed E-state index contributed by atoms with van der Waals surface area (Å²) in [6, 6.07) is 7.50. The second-order valence-corrected chi connectivity index (χ2v) is 5.43. The molecule has 0 saturated carbocycles. The molecule has 5 nitrogen and oxygen atoms in total. The van der Waals surface area contributed by atoms with E-state index in [0.29, 0.717) is 16.6 Å². The van der Waals surface area contributed by atoms with Gasteiger partial charge in [0, 0.05) is 10.6 Å². The van der Waals surface area contributed by atoms with Crippen molar-refractivity contribution < 1.29 is 14.6 Å². The highest BCUT2D eigenvalue weighted by Gasteiger charge is 2.13. The number of benzene rings is 1. The number of hydrogen-bond acceptors (Lipinski definition) is 5. The number of thiazole rings is 1. The molecule has 2 N–H and O–H groups in total. The van der Waals surface area contributed by atoms with E-state index >= 15 is 0 Å². The summed E-state index contributed by atoms with van der Waals surface area (Å²) in [6.45, 7) is 4.50. The predicted octanol–water partition coefficient (Wildman–Crippen LogP) is 3.68. The molecule has 1 aromatic heterocycles. The minimum atomic E-state index is -1.00. The minimum absolute atomic E-state index is 0.0976. The van der Waals surface area contributed by atoms with Gasteiger partial charge in [-0.1, -0.05) is 6.92 Å². The lowest BCUT2D eigenvalue weighted by atomic mass is 10.3. The Hall–Kier alpha value is -2.08. The van der Waals surface area contributed by atoms with Crippen LogP contribution in [0.25, 0.3) is 0 Å². The lowest BCUT2D eigenvalue weighted by Gasteiger charge is -2.06. The molecule has 0 amide bonds. The Labute approximate surface area is 121 Å². The van der Waals surface area contributed by atoms with Crippen LogP contribution >= 0.6 is 11.3 Å². The molecule has 0 bridgehead atoms. The molecule has 0 fully saturated rings. The summed E-state index contributed by atoms with van der Waals surface area (Å²) in [5.41, 5.74) is 0.944. The van der Waals surface area contributed by atoms with E-state index in [2.05, 4.69) is 17.2 Å². The molecule has 0 spiro atoms. The molecule has 0 aliphatic carbocycles. The third-order valence-corrected chi connectivity index (χ3v) is 3.46. The highest BCUT2D eigenvalue weighted by Crippen LogP contribution is 2.26. The number of rotatable bonds is 6. The maximum absolute atomic E-state index is 10.9. The second-order valence-electron chi connectivity index (χ2n) is 4.23. The van der Waals surface area contributed by atoms with Crippen LogP contribution in [0.15, 0.2) is 24.3 Å². The Morgan fingerprint density at radius 2 is 2.10 bits per heavy atom. The number of aryl methyl sites for hydroxylation is 1. The summed E-state index contributed by atoms with van der Waals surface area (Å²) < 4.78 is 5.50. The van der Waals surface area contributed by atoms with Gasteiger partial charge in [-0.25, -0.2) is 9.78 Å². The van der Waals surface area contributed by atoms with Crippen molar-refractivity contribution in [1.29, 1.82) is 0 Å². The fraction of sp³-hybridized carbons (Fsp3) is 0.286. The van der Waals surface area contributed by atoms with Crippen LogP contribution in [-0.2, 0) is 0 Å². The molecule has 20 heavy (non-hydrogen) atoms. The summed E-state index contributed by atoms with van der Waals surface area (Å²) in [6.07, 6.45) is 0.969. The van der Waals surface area contributed by atoms with Gasteiger partial charge in [0.1, 0.15) is 5.75 Å². The van der Waals surface area contributed by atoms with Gasteiger partial charge in [0.2, 0.25) is 0 Å². The molecule has 0 atom stereocenters. The molecule has 0 unspecified atom stereocenters. The van der Waals surface area contributed by atoms with Gasteiger partial charge in [-0.15, -0.1) is 11.3 Å². The van der Waals surface area contributed by atoms with Crippen molar-refractivity contribution >= 4 is 28.1 Å². The monoisotopic (exact) mass is 292 g/mol. The van der Waals surface area contributed by atoms with Crippen molar-refractivity contribution in [2.24, 2.45) is 0 Å². The molecule has 1 aromatic carbocycles. The minimum Gasteiger partial charge on any atom is -0.494 e. The first-order valence-corrected chi connectivity index (χ1v) is 7.12. The maximum atomic E-state index is 10.9. The molecular formula is C14H16N2O3S. The third kappa shape index (κ3) is 3.48. The van der Waals surface area contributed by atoms with Crippen LogP contribution in [0.5, 0.6) is 5.75 Å². The van der Waals surface area contributed by atoms with E-state index < -0.39 is 5.97 Å². The fourth-order valence-corrected chi connectivity index (χ4v) is 2.45. The quantitative estimate of drug-likeness (QED) is 0.849. The summed E-state index contributed by atoms with van der Waals surface area (Å²) in [5, 5.41) is 12.6. The summed E-state index contributed by atoms with van der Waals surface area (Å²) in [4.78, 5) is 15.7. The molecule has 2 rings (SSSR count). The van der Waals surface area contributed by atoms with Gasteiger partial charge in [0.25, 0.3) is 0 Å². The molecule has 106 valence electrons. The second kappa shape index (κ2) is 6.38. The van der Waals surface area contributed by atoms with Crippen LogP contribution < -0.4 is 10.1 Å². The standard InChI is InChI=1S/C14H16N2O3S/c1-3-8-19-11-6-4-10(5-7-11)15-14-16-12(13(17)18)9(2)20-14/h4-7H,3,8H2,1-2H3,(H,15,16)(H,17,18). The number of hydrogen-bond donors (Lipinski definition) is 2. The van der Waals surface area contributed by atoms with E-state index in [0.717, 1.165) is 17.9 Å². The SMILES string of the molecule is CCCOc1ccc(Nc2nc(C(=O)O)c(C)s2)cc1. The lowest BCUT2D eigenvalue weighted by Crippen LogP contribution is -1.99. The highest BCUT2D eigenvalue weighted by atomic mass is 32.1. The van der Waals surface area contributed by atoms with Crippen molar-refractivity contribution in [3.8, 4) is 5.75 Å². The van der Waals surface area contributed by atoms with Gasteiger partial charge in [-0.2, -0.15) is 0 Å². The van der Waals surface area contributed by atoms with E-state index in [4.69, 9.17) is 9.84 Å². The van der Waals surface area contributed by atoms with E-state index in [1.54, 1.807) is 6.92 Å². The van der Waals surface area contributed by atoms with Crippen molar-refractivity contribution in [2.75, 3.05) is 11.9 Å². The number of carboxylic acids is 1. The Morgan fingerprint density at radius 3 is 2.65 bits per heavy atom. The van der Waals surface area contributed by atoms with Gasteiger partial charge < -0.3 is 15.2 Å². The van der Waals surface area contributed by atoms with Crippen LogP contribution in [0.4, 0.5) is 10.8 Å². The first kappa shape index (κ1) is 14.3. The molecule has 0 aliphatic heterocycles. The van der Waals surface area contributed by atoms with Crippen molar-refractivity contribution in [1.82, 2.24) is 4.98 Å². The highest BCUT2D eigenvalue weighted by molar-refractivity contribution is 7.15.